The summed E-state index contributed by atoms with van der Waals surface area (Å²) >= 11 is 0. The largest absolute Gasteiger partial charge is 0.500 e. The molecule has 0 saturated carbocycles. The van der Waals surface area contributed by atoms with E-state index in [1.54, 1.807) is 21.3 Å². The summed E-state index contributed by atoms with van der Waals surface area (Å²) in [7, 11) is 2.74. The van der Waals surface area contributed by atoms with Crippen molar-refractivity contribution >= 4 is 8.80 Å². The fourth-order valence-corrected chi connectivity index (χ4v) is 5.35. The summed E-state index contributed by atoms with van der Waals surface area (Å²) in [5.74, 6) is 0.766. The Morgan fingerprint density at radius 3 is 1.95 bits per heavy atom. The molecule has 0 bridgehead atoms. The van der Waals surface area contributed by atoms with E-state index in [0.29, 0.717) is 0 Å². The van der Waals surface area contributed by atoms with Gasteiger partial charge in [-0.25, -0.2) is 0 Å². The average molecular weight is 305 g/mol. The molecule has 0 atom stereocenters. The standard InChI is InChI=1S/C15H34NO3Si/c1-15(2)14-16(10-7-6-8-11-16)12-9-13-20(17-3,18-4)19-5/h15H,6-14H2,1-5H3/q+1. The predicted molar refractivity (Wildman–Crippen MR) is 84.6 cm³/mol. The van der Waals surface area contributed by atoms with E-state index in [2.05, 4.69) is 13.8 Å². The Bertz CT molecular complexity index is 256. The molecular weight excluding hydrogens is 270 g/mol. The highest BCUT2D eigenvalue weighted by molar-refractivity contribution is 6.60. The molecule has 0 unspecified atom stereocenters. The lowest BCUT2D eigenvalue weighted by Gasteiger charge is -2.43. The molecule has 0 aliphatic carbocycles. The van der Waals surface area contributed by atoms with E-state index in [-0.39, 0.29) is 0 Å². The molecule has 1 heterocycles. The van der Waals surface area contributed by atoms with E-state index >= 15 is 0 Å². The van der Waals surface area contributed by atoms with Gasteiger partial charge < -0.3 is 17.8 Å². The summed E-state index contributed by atoms with van der Waals surface area (Å²) in [5, 5.41) is 0. The van der Waals surface area contributed by atoms with Gasteiger partial charge in [-0.3, -0.25) is 0 Å². The molecule has 0 N–H and O–H groups in total. The second-order valence-corrected chi connectivity index (χ2v) is 9.64. The Kier molecular flexibility index (Phi) is 7.68. The zero-order chi connectivity index (χ0) is 15.1. The minimum atomic E-state index is -2.38. The van der Waals surface area contributed by atoms with Crippen molar-refractivity contribution in [3.05, 3.63) is 0 Å². The van der Waals surface area contributed by atoms with Gasteiger partial charge in [-0.15, -0.1) is 0 Å². The van der Waals surface area contributed by atoms with E-state index in [0.717, 1.165) is 18.4 Å². The summed E-state index contributed by atoms with van der Waals surface area (Å²) in [6.07, 6.45) is 5.31. The fraction of sp³-hybridized carbons (Fsp3) is 1.00. The zero-order valence-electron chi connectivity index (χ0n) is 14.1. The van der Waals surface area contributed by atoms with Gasteiger partial charge in [-0.1, -0.05) is 13.8 Å². The molecular formula is C15H34NO3Si+. The molecule has 120 valence electrons. The summed E-state index contributed by atoms with van der Waals surface area (Å²) in [4.78, 5) is 0. The number of hydrogen-bond acceptors (Lipinski definition) is 3. The topological polar surface area (TPSA) is 27.7 Å². The smallest absolute Gasteiger partial charge is 0.377 e. The van der Waals surface area contributed by atoms with Crippen LogP contribution in [0.1, 0.15) is 39.5 Å². The molecule has 0 amide bonds. The van der Waals surface area contributed by atoms with Crippen LogP contribution in [0, 0.1) is 5.92 Å². The minimum absolute atomic E-state index is 0.766. The minimum Gasteiger partial charge on any atom is -0.377 e. The Hall–Kier alpha value is 0.0569. The lowest BCUT2D eigenvalue weighted by atomic mass is 10.0. The third-order valence-corrected chi connectivity index (χ3v) is 7.40. The molecule has 1 saturated heterocycles. The molecule has 1 aliphatic rings. The van der Waals surface area contributed by atoms with Crippen molar-refractivity contribution in [2.24, 2.45) is 5.92 Å². The molecule has 5 heteroatoms. The normalized spacial score (nSPS) is 19.5. The number of piperidine rings is 1. The van der Waals surface area contributed by atoms with Gasteiger partial charge in [-0.05, 0) is 19.3 Å². The van der Waals surface area contributed by atoms with Crippen molar-refractivity contribution in [2.45, 2.75) is 45.6 Å². The highest BCUT2D eigenvalue weighted by Crippen LogP contribution is 2.24. The molecule has 1 rings (SSSR count). The van der Waals surface area contributed by atoms with Crippen molar-refractivity contribution in [3.63, 3.8) is 0 Å². The second kappa shape index (κ2) is 8.49. The summed E-state index contributed by atoms with van der Waals surface area (Å²) < 4.78 is 17.9. The monoisotopic (exact) mass is 304 g/mol. The molecule has 0 aromatic rings. The van der Waals surface area contributed by atoms with Crippen LogP contribution in [-0.2, 0) is 13.3 Å². The number of nitrogens with zero attached hydrogens (tertiary/aromatic N) is 1. The number of quaternary nitrogens is 1. The first-order valence-electron chi connectivity index (χ1n) is 8.02. The van der Waals surface area contributed by atoms with E-state index < -0.39 is 8.80 Å². The number of hydrogen-bond donors (Lipinski definition) is 0. The third-order valence-electron chi connectivity index (χ3n) is 4.57. The van der Waals surface area contributed by atoms with Crippen LogP contribution in [0.25, 0.3) is 0 Å². The van der Waals surface area contributed by atoms with Gasteiger partial charge in [0.15, 0.2) is 0 Å². The van der Waals surface area contributed by atoms with Crippen molar-refractivity contribution in [1.82, 2.24) is 0 Å². The summed E-state index contributed by atoms with van der Waals surface area (Å²) in [6.45, 7) is 9.92. The first-order chi connectivity index (χ1) is 9.51. The van der Waals surface area contributed by atoms with Crippen molar-refractivity contribution in [2.75, 3.05) is 47.5 Å². The molecule has 0 spiro atoms. The first-order valence-corrected chi connectivity index (χ1v) is 9.95. The van der Waals surface area contributed by atoms with Crippen LogP contribution < -0.4 is 0 Å². The maximum atomic E-state index is 5.53. The van der Waals surface area contributed by atoms with Gasteiger partial charge in [-0.2, -0.15) is 0 Å². The fourth-order valence-electron chi connectivity index (χ4n) is 3.64. The van der Waals surface area contributed by atoms with E-state index in [1.807, 2.05) is 0 Å². The average Bonchev–Trinajstić information content (AvgIpc) is 2.44. The van der Waals surface area contributed by atoms with Gasteiger partial charge in [0.2, 0.25) is 0 Å². The van der Waals surface area contributed by atoms with Gasteiger partial charge in [0.25, 0.3) is 0 Å². The van der Waals surface area contributed by atoms with Gasteiger partial charge in [0, 0.05) is 39.7 Å². The van der Waals surface area contributed by atoms with Crippen LogP contribution in [-0.4, -0.2) is 60.8 Å². The maximum Gasteiger partial charge on any atom is 0.500 e. The summed E-state index contributed by atoms with van der Waals surface area (Å²) in [6, 6.07) is 0.925. The molecule has 0 aromatic heterocycles. The number of rotatable bonds is 9. The van der Waals surface area contributed by atoms with Crippen molar-refractivity contribution in [1.29, 1.82) is 0 Å². The first kappa shape index (κ1) is 18.1. The lowest BCUT2D eigenvalue weighted by molar-refractivity contribution is -0.935. The van der Waals surface area contributed by atoms with Crippen LogP contribution >= 0.6 is 0 Å². The molecule has 4 nitrogen and oxygen atoms in total. The van der Waals surface area contributed by atoms with Crippen LogP contribution in [0.5, 0.6) is 0 Å². The lowest BCUT2D eigenvalue weighted by Crippen LogP contribution is -2.54. The Morgan fingerprint density at radius 2 is 1.50 bits per heavy atom. The SMILES string of the molecule is CO[Si](CCC[N+]1(CC(C)C)CCCCC1)(OC)OC. The third kappa shape index (κ3) is 5.11. The van der Waals surface area contributed by atoms with Gasteiger partial charge in [0.05, 0.1) is 26.2 Å². The maximum absolute atomic E-state index is 5.53. The highest BCUT2D eigenvalue weighted by atomic mass is 28.4. The van der Waals surface area contributed by atoms with Crippen LogP contribution in [0.3, 0.4) is 0 Å². The highest BCUT2D eigenvalue weighted by Gasteiger charge is 2.39. The molecule has 1 aliphatic heterocycles. The Labute approximate surface area is 126 Å². The van der Waals surface area contributed by atoms with Crippen molar-refractivity contribution in [3.8, 4) is 0 Å². The summed E-state index contributed by atoms with van der Waals surface area (Å²) in [5.41, 5.74) is 0. The van der Waals surface area contributed by atoms with E-state index in [4.69, 9.17) is 13.3 Å². The van der Waals surface area contributed by atoms with E-state index in [1.165, 1.54) is 49.9 Å². The molecule has 0 aromatic carbocycles. The molecule has 20 heavy (non-hydrogen) atoms. The van der Waals surface area contributed by atoms with Crippen LogP contribution in [0.15, 0.2) is 0 Å². The van der Waals surface area contributed by atoms with E-state index in [9.17, 15) is 0 Å². The van der Waals surface area contributed by atoms with Gasteiger partial charge in [0.1, 0.15) is 0 Å². The molecule has 1 fully saturated rings. The number of likely N-dealkylation sites (tertiary alicyclic amines) is 1. The van der Waals surface area contributed by atoms with Crippen LogP contribution in [0.2, 0.25) is 6.04 Å². The Morgan fingerprint density at radius 1 is 0.950 bits per heavy atom. The van der Waals surface area contributed by atoms with Gasteiger partial charge >= 0.3 is 8.80 Å². The Balaban J connectivity index is 2.54. The second-order valence-electron chi connectivity index (χ2n) is 6.55. The van der Waals surface area contributed by atoms with Crippen molar-refractivity contribution < 1.29 is 17.8 Å². The van der Waals surface area contributed by atoms with Crippen LogP contribution in [0.4, 0.5) is 0 Å². The molecule has 0 radical (unpaired) electrons. The quantitative estimate of drug-likeness (QED) is 0.484. The predicted octanol–water partition coefficient (Wildman–Crippen LogP) is 2.91. The zero-order valence-corrected chi connectivity index (χ0v) is 15.1.